The van der Waals surface area contributed by atoms with E-state index in [1.165, 1.54) is 11.3 Å². The Kier molecular flexibility index (Phi) is 5.40. The minimum absolute atomic E-state index is 0.315. The van der Waals surface area contributed by atoms with E-state index in [1.54, 1.807) is 0 Å². The first-order chi connectivity index (χ1) is 11.9. The molecule has 1 N–H and O–H groups in total. The molecule has 138 valence electrons. The highest BCUT2D eigenvalue weighted by Crippen LogP contribution is 2.31. The number of rotatable bonds is 3. The lowest BCUT2D eigenvalue weighted by Crippen LogP contribution is -2.40. The molecule has 0 atom stereocenters. The van der Waals surface area contributed by atoms with Crippen molar-refractivity contribution in [1.29, 1.82) is 0 Å². The molecule has 25 heavy (non-hydrogen) atoms. The number of hydrogen-bond donors (Lipinski definition) is 1. The molecular weight excluding hydrogens is 316 g/mol. The van der Waals surface area contributed by atoms with Crippen LogP contribution in [-0.4, -0.2) is 37.9 Å². The average molecular weight is 346 g/mol. The lowest BCUT2D eigenvalue weighted by Gasteiger charge is -2.34. The van der Waals surface area contributed by atoms with Crippen molar-refractivity contribution < 1.29 is 14.3 Å². The van der Waals surface area contributed by atoms with Crippen LogP contribution in [0.1, 0.15) is 45.6 Å². The van der Waals surface area contributed by atoms with Crippen LogP contribution in [0, 0.1) is 5.92 Å². The fraction of sp³-hybridized carbons (Fsp3) is 0.650. The number of piperidine rings is 1. The predicted molar refractivity (Wildman–Crippen MR) is 99.4 cm³/mol. The van der Waals surface area contributed by atoms with Gasteiger partial charge >= 0.3 is 6.09 Å². The van der Waals surface area contributed by atoms with Crippen LogP contribution in [-0.2, 0) is 11.2 Å². The predicted octanol–water partition coefficient (Wildman–Crippen LogP) is 3.75. The number of benzene rings is 1. The molecule has 1 amide bonds. The van der Waals surface area contributed by atoms with Crippen molar-refractivity contribution >= 4 is 11.8 Å². The third-order valence-electron chi connectivity index (χ3n) is 4.81. The van der Waals surface area contributed by atoms with Crippen LogP contribution in [0.15, 0.2) is 18.2 Å². The molecule has 2 aliphatic heterocycles. The number of carbonyl (C=O) groups is 1. The number of aryl methyl sites for hydroxylation is 1. The Labute approximate surface area is 150 Å². The fourth-order valence-electron chi connectivity index (χ4n) is 3.48. The number of ether oxygens (including phenoxy) is 2. The number of carbonyl (C=O) groups excluding carboxylic acids is 1. The summed E-state index contributed by atoms with van der Waals surface area (Å²) >= 11 is 0. The molecule has 5 heteroatoms. The number of fused-ring (bicyclic) bond motifs is 1. The van der Waals surface area contributed by atoms with E-state index < -0.39 is 5.60 Å². The third kappa shape index (κ3) is 5.03. The zero-order valence-corrected chi connectivity index (χ0v) is 15.6. The molecular formula is C20H30N2O3. The molecule has 1 fully saturated rings. The molecule has 0 radical (unpaired) electrons. The summed E-state index contributed by atoms with van der Waals surface area (Å²) in [4.78, 5) is 14.2. The number of nitrogens with zero attached hydrogens (tertiary/aromatic N) is 1. The molecule has 1 aromatic rings. The molecule has 3 rings (SSSR count). The quantitative estimate of drug-likeness (QED) is 0.905. The summed E-state index contributed by atoms with van der Waals surface area (Å²) in [5, 5.41) is 2.91. The van der Waals surface area contributed by atoms with Crippen LogP contribution in [0.25, 0.3) is 0 Å². The van der Waals surface area contributed by atoms with Crippen molar-refractivity contribution in [3.63, 3.8) is 0 Å². The normalized spacial score (nSPS) is 18.3. The van der Waals surface area contributed by atoms with E-state index in [2.05, 4.69) is 28.4 Å². The third-order valence-corrected chi connectivity index (χ3v) is 4.81. The van der Waals surface area contributed by atoms with Crippen LogP contribution in [0.2, 0.25) is 0 Å². The maximum absolute atomic E-state index is 11.8. The van der Waals surface area contributed by atoms with Crippen LogP contribution in [0.4, 0.5) is 10.5 Å². The molecule has 2 aliphatic rings. The van der Waals surface area contributed by atoms with Gasteiger partial charge in [0.1, 0.15) is 11.4 Å². The Morgan fingerprint density at radius 1 is 1.32 bits per heavy atom. The number of amides is 1. The highest BCUT2D eigenvalue weighted by atomic mass is 16.6. The zero-order chi connectivity index (χ0) is 17.9. The molecule has 0 aliphatic carbocycles. The van der Waals surface area contributed by atoms with Gasteiger partial charge in [-0.05, 0) is 76.1 Å². The second kappa shape index (κ2) is 7.54. The van der Waals surface area contributed by atoms with Gasteiger partial charge in [0.15, 0.2) is 0 Å². The summed E-state index contributed by atoms with van der Waals surface area (Å²) in [5.41, 5.74) is 2.18. The summed E-state index contributed by atoms with van der Waals surface area (Å²) in [5.74, 6) is 1.57. The van der Waals surface area contributed by atoms with Crippen LogP contribution < -0.4 is 15.0 Å². The van der Waals surface area contributed by atoms with E-state index in [-0.39, 0.29) is 6.09 Å². The highest BCUT2D eigenvalue weighted by molar-refractivity contribution is 5.67. The smallest absolute Gasteiger partial charge is 0.407 e. The molecule has 0 saturated carbocycles. The van der Waals surface area contributed by atoms with Gasteiger partial charge in [-0.2, -0.15) is 0 Å². The van der Waals surface area contributed by atoms with E-state index in [0.717, 1.165) is 51.1 Å². The minimum Gasteiger partial charge on any atom is -0.493 e. The summed E-state index contributed by atoms with van der Waals surface area (Å²) < 4.78 is 11.0. The van der Waals surface area contributed by atoms with Gasteiger partial charge in [-0.15, -0.1) is 0 Å². The summed E-state index contributed by atoms with van der Waals surface area (Å²) in [6.45, 7) is 9.24. The number of alkyl carbamates (subject to hydrolysis) is 1. The van der Waals surface area contributed by atoms with E-state index in [9.17, 15) is 4.79 Å². The largest absolute Gasteiger partial charge is 0.493 e. The SMILES string of the molecule is CC(C)(C)OC(=O)NCC1CCN(c2ccc3c(c2)CCCO3)CC1. The summed E-state index contributed by atoms with van der Waals surface area (Å²) in [6, 6.07) is 6.57. The van der Waals surface area contributed by atoms with Gasteiger partial charge in [-0.3, -0.25) is 0 Å². The Morgan fingerprint density at radius 3 is 2.80 bits per heavy atom. The molecule has 0 bridgehead atoms. The number of anilines is 1. The van der Waals surface area contributed by atoms with E-state index in [1.807, 2.05) is 20.8 Å². The molecule has 0 unspecified atom stereocenters. The van der Waals surface area contributed by atoms with Crippen molar-refractivity contribution in [2.45, 2.75) is 52.1 Å². The Morgan fingerprint density at radius 2 is 2.08 bits per heavy atom. The Bertz CT molecular complexity index is 601. The van der Waals surface area contributed by atoms with Crippen LogP contribution in [0.3, 0.4) is 0 Å². The molecule has 5 nitrogen and oxygen atoms in total. The standard InChI is InChI=1S/C20H30N2O3/c1-20(2,3)25-19(23)21-14-15-8-10-22(11-9-15)17-6-7-18-16(13-17)5-4-12-24-18/h6-7,13,15H,4-5,8-12,14H2,1-3H3,(H,21,23). The van der Waals surface area contributed by atoms with Gasteiger partial charge in [-0.25, -0.2) is 4.79 Å². The molecule has 0 aromatic heterocycles. The van der Waals surface area contributed by atoms with E-state index in [0.29, 0.717) is 12.5 Å². The molecule has 2 heterocycles. The summed E-state index contributed by atoms with van der Waals surface area (Å²) in [6.07, 6.45) is 4.07. The maximum atomic E-state index is 11.8. The van der Waals surface area contributed by atoms with Gasteiger partial charge in [0, 0.05) is 25.3 Å². The maximum Gasteiger partial charge on any atom is 0.407 e. The molecule has 1 aromatic carbocycles. The summed E-state index contributed by atoms with van der Waals surface area (Å²) in [7, 11) is 0. The van der Waals surface area contributed by atoms with E-state index in [4.69, 9.17) is 9.47 Å². The van der Waals surface area contributed by atoms with Crippen LogP contribution >= 0.6 is 0 Å². The second-order valence-corrected chi connectivity index (χ2v) is 8.06. The van der Waals surface area contributed by atoms with Crippen LogP contribution in [0.5, 0.6) is 5.75 Å². The fourth-order valence-corrected chi connectivity index (χ4v) is 3.48. The first-order valence-electron chi connectivity index (χ1n) is 9.38. The highest BCUT2D eigenvalue weighted by Gasteiger charge is 2.22. The number of nitrogens with one attached hydrogen (secondary N) is 1. The van der Waals surface area contributed by atoms with E-state index >= 15 is 0 Å². The van der Waals surface area contributed by atoms with Crippen molar-refractivity contribution in [2.75, 3.05) is 31.1 Å². The van der Waals surface area contributed by atoms with Crippen molar-refractivity contribution in [1.82, 2.24) is 5.32 Å². The monoisotopic (exact) mass is 346 g/mol. The van der Waals surface area contributed by atoms with Crippen molar-refractivity contribution in [3.8, 4) is 5.75 Å². The topological polar surface area (TPSA) is 50.8 Å². The van der Waals surface area contributed by atoms with Gasteiger partial charge in [0.2, 0.25) is 0 Å². The van der Waals surface area contributed by atoms with Crippen molar-refractivity contribution in [3.05, 3.63) is 23.8 Å². The Hall–Kier alpha value is -1.91. The van der Waals surface area contributed by atoms with Crippen molar-refractivity contribution in [2.24, 2.45) is 5.92 Å². The van der Waals surface area contributed by atoms with Gasteiger partial charge in [0.25, 0.3) is 0 Å². The van der Waals surface area contributed by atoms with Gasteiger partial charge in [-0.1, -0.05) is 0 Å². The second-order valence-electron chi connectivity index (χ2n) is 8.06. The Balaban J connectivity index is 1.46. The lowest BCUT2D eigenvalue weighted by atomic mass is 9.96. The molecule has 1 saturated heterocycles. The zero-order valence-electron chi connectivity index (χ0n) is 15.6. The lowest BCUT2D eigenvalue weighted by molar-refractivity contribution is 0.0517. The first kappa shape index (κ1) is 17.9. The number of hydrogen-bond acceptors (Lipinski definition) is 4. The first-order valence-corrected chi connectivity index (χ1v) is 9.38. The van der Waals surface area contributed by atoms with Gasteiger partial charge < -0.3 is 19.7 Å². The average Bonchev–Trinajstić information content (AvgIpc) is 2.58. The minimum atomic E-state index is -0.441. The molecule has 0 spiro atoms. The van der Waals surface area contributed by atoms with Gasteiger partial charge in [0.05, 0.1) is 6.61 Å².